The van der Waals surface area contributed by atoms with E-state index >= 15 is 0 Å². The zero-order valence-electron chi connectivity index (χ0n) is 36.1. The second-order valence-electron chi connectivity index (χ2n) is 17.6. The van der Waals surface area contributed by atoms with E-state index in [2.05, 4.69) is 51.7 Å². The number of piperidine rings is 1. The summed E-state index contributed by atoms with van der Waals surface area (Å²) < 4.78 is 22.7. The third-order valence-electron chi connectivity index (χ3n) is 12.2. The van der Waals surface area contributed by atoms with Crippen LogP contribution in [0.5, 0.6) is 5.75 Å². The normalized spacial score (nSPS) is 21.5. The molecule has 62 heavy (non-hydrogen) atoms. The highest BCUT2D eigenvalue weighted by Crippen LogP contribution is 2.38. The van der Waals surface area contributed by atoms with Crippen molar-refractivity contribution in [3.63, 3.8) is 0 Å². The third-order valence-corrected chi connectivity index (χ3v) is 12.2. The molecule has 3 saturated heterocycles. The quantitative estimate of drug-likeness (QED) is 0.189. The molecular weight excluding hydrogens is 793 g/mol. The number of aromatic nitrogens is 4. The van der Waals surface area contributed by atoms with Gasteiger partial charge in [-0.2, -0.15) is 0 Å². The molecule has 4 amide bonds. The second-order valence-corrected chi connectivity index (χ2v) is 17.6. The first kappa shape index (κ1) is 42.8. The number of hydrogen-bond acceptors (Lipinski definition) is 10. The number of carbonyl (C=O) groups excluding carboxylic acids is 4. The van der Waals surface area contributed by atoms with Crippen molar-refractivity contribution in [1.29, 1.82) is 0 Å². The van der Waals surface area contributed by atoms with Crippen LogP contribution in [0, 0.1) is 5.92 Å². The van der Waals surface area contributed by atoms with Gasteiger partial charge in [-0.05, 0) is 101 Å². The third kappa shape index (κ3) is 9.59. The molecule has 3 N–H and O–H groups in total. The zero-order valence-corrected chi connectivity index (χ0v) is 36.1. The van der Waals surface area contributed by atoms with Gasteiger partial charge in [0.05, 0.1) is 56.2 Å². The number of methoxy groups -OCH3 is 1. The lowest BCUT2D eigenvalue weighted by atomic mass is 9.95. The number of benzene rings is 2. The van der Waals surface area contributed by atoms with E-state index in [1.165, 1.54) is 7.11 Å². The number of likely N-dealkylation sites (tertiary alicyclic amines) is 2. The molecule has 4 aromatic rings. The molecular formula is C46H58N8O8. The number of fused-ring (bicyclic) bond motifs is 6. The molecule has 0 saturated carbocycles. The SMILES string of the molecule is COC(=O)N[C@H]1COCCCCOc2cc(-c3ccc(-c4cnc([C@@H]5CCCN5C(=O)C5CCN(C(=O)OC(C)(C)C)CC5)[nH]4)cc3)ccc2-c2cnc([nH]2)[C@@H]2CCCN2C1=O. The number of nitrogens with one attached hydrogen (secondary N) is 3. The van der Waals surface area contributed by atoms with Gasteiger partial charge in [-0.3, -0.25) is 9.59 Å². The number of imidazole rings is 2. The maximum absolute atomic E-state index is 13.8. The number of aromatic amines is 2. The first-order valence-corrected chi connectivity index (χ1v) is 21.9. The van der Waals surface area contributed by atoms with Gasteiger partial charge in [0, 0.05) is 44.3 Å². The smallest absolute Gasteiger partial charge is 0.410 e. The molecule has 8 rings (SSSR count). The molecule has 16 heteroatoms. The van der Waals surface area contributed by atoms with Crippen molar-refractivity contribution in [2.75, 3.05) is 53.1 Å². The van der Waals surface area contributed by atoms with Crippen molar-refractivity contribution in [2.45, 2.75) is 95.9 Å². The van der Waals surface area contributed by atoms with Crippen molar-refractivity contribution >= 4 is 24.0 Å². The van der Waals surface area contributed by atoms with Crippen LogP contribution in [0.4, 0.5) is 9.59 Å². The second kappa shape index (κ2) is 18.6. The lowest BCUT2D eigenvalue weighted by Gasteiger charge is -2.35. The van der Waals surface area contributed by atoms with Gasteiger partial charge in [0.15, 0.2) is 0 Å². The fourth-order valence-electron chi connectivity index (χ4n) is 8.95. The van der Waals surface area contributed by atoms with Gasteiger partial charge < -0.3 is 48.9 Å². The van der Waals surface area contributed by atoms with Crippen molar-refractivity contribution in [3.8, 4) is 39.4 Å². The predicted octanol–water partition coefficient (Wildman–Crippen LogP) is 7.02. The van der Waals surface area contributed by atoms with Gasteiger partial charge in [-0.1, -0.05) is 30.3 Å². The van der Waals surface area contributed by atoms with E-state index in [1.807, 2.05) is 37.9 Å². The van der Waals surface area contributed by atoms with E-state index in [4.69, 9.17) is 28.9 Å². The minimum Gasteiger partial charge on any atom is -0.493 e. The summed E-state index contributed by atoms with van der Waals surface area (Å²) in [5, 5.41) is 2.65. The van der Waals surface area contributed by atoms with Crippen LogP contribution in [0.25, 0.3) is 33.6 Å². The Morgan fingerprint density at radius 1 is 0.790 bits per heavy atom. The Morgan fingerprint density at radius 2 is 1.45 bits per heavy atom. The molecule has 2 aromatic heterocycles. The van der Waals surface area contributed by atoms with Gasteiger partial charge in [0.25, 0.3) is 0 Å². The Kier molecular flexibility index (Phi) is 12.8. The molecule has 0 unspecified atom stereocenters. The minimum absolute atomic E-state index is 0.0362. The molecule has 16 nitrogen and oxygen atoms in total. The molecule has 3 fully saturated rings. The first-order chi connectivity index (χ1) is 30.0. The van der Waals surface area contributed by atoms with E-state index < -0.39 is 17.7 Å². The standard InChI is InChI=1S/C46H58N8O8/c1-46(2,3)62-45(58)52-21-17-31(18-22-52)42(55)53-19-7-9-37(53)40-47-26-34(49-40)30-13-11-29(12-14-30)32-15-16-33-35-27-48-41(50-35)38-10-8-20-54(38)43(56)36(51-44(57)59-4)28-60-23-5-6-24-61-39(33)25-32/h11-16,25-27,31,36-38H,5-10,17-24,28H2,1-4H3,(H,47,49)(H,48,50)(H,51,57)/t36-,37-,38-/m0/s1. The van der Waals surface area contributed by atoms with E-state index in [-0.39, 0.29) is 42.5 Å². The number of nitrogens with zero attached hydrogens (tertiary/aromatic N) is 5. The Balaban J connectivity index is 0.950. The van der Waals surface area contributed by atoms with Gasteiger partial charge >= 0.3 is 12.2 Å². The fourth-order valence-corrected chi connectivity index (χ4v) is 8.95. The monoisotopic (exact) mass is 850 g/mol. The van der Waals surface area contributed by atoms with Gasteiger partial charge in [0.2, 0.25) is 11.8 Å². The summed E-state index contributed by atoms with van der Waals surface area (Å²) in [6.07, 6.45) is 8.60. The van der Waals surface area contributed by atoms with Crippen LogP contribution in [-0.4, -0.2) is 123 Å². The summed E-state index contributed by atoms with van der Waals surface area (Å²) in [4.78, 5) is 74.2. The van der Waals surface area contributed by atoms with Gasteiger partial charge in [-0.15, -0.1) is 0 Å². The van der Waals surface area contributed by atoms with E-state index in [0.29, 0.717) is 64.5 Å². The number of rotatable bonds is 5. The van der Waals surface area contributed by atoms with Crippen molar-refractivity contribution in [3.05, 3.63) is 66.5 Å². The fraction of sp³-hybridized carbons (Fsp3) is 0.522. The average molecular weight is 851 g/mol. The number of hydrogen-bond donors (Lipinski definition) is 3. The van der Waals surface area contributed by atoms with Crippen LogP contribution in [0.1, 0.15) is 95.9 Å². The molecule has 4 aliphatic heterocycles. The number of H-pyrrole nitrogens is 2. The molecule has 2 aromatic carbocycles. The van der Waals surface area contributed by atoms with Crippen LogP contribution >= 0.6 is 0 Å². The van der Waals surface area contributed by atoms with Crippen LogP contribution in [0.3, 0.4) is 0 Å². The van der Waals surface area contributed by atoms with Crippen molar-refractivity contribution in [2.24, 2.45) is 5.92 Å². The summed E-state index contributed by atoms with van der Waals surface area (Å²) in [7, 11) is 1.27. The average Bonchev–Trinajstić information content (AvgIpc) is 4.12. The Bertz CT molecular complexity index is 2220. The molecule has 0 aliphatic carbocycles. The lowest BCUT2D eigenvalue weighted by molar-refractivity contribution is -0.138. The summed E-state index contributed by atoms with van der Waals surface area (Å²) >= 11 is 0. The number of carbonyl (C=O) groups is 4. The summed E-state index contributed by atoms with van der Waals surface area (Å²) in [5.74, 6) is 1.96. The summed E-state index contributed by atoms with van der Waals surface area (Å²) in [6, 6.07) is 13.2. The molecule has 3 atom stereocenters. The predicted molar refractivity (Wildman–Crippen MR) is 230 cm³/mol. The number of alkyl carbamates (subject to hydrolysis) is 1. The largest absolute Gasteiger partial charge is 0.493 e. The van der Waals surface area contributed by atoms with Gasteiger partial charge in [-0.25, -0.2) is 19.6 Å². The number of ether oxygens (including phenoxy) is 4. The zero-order chi connectivity index (χ0) is 43.4. The van der Waals surface area contributed by atoms with Crippen LogP contribution < -0.4 is 10.1 Å². The minimum atomic E-state index is -0.873. The van der Waals surface area contributed by atoms with Gasteiger partial charge in [0.1, 0.15) is 29.0 Å². The van der Waals surface area contributed by atoms with Crippen LogP contribution in [0.2, 0.25) is 0 Å². The van der Waals surface area contributed by atoms with Crippen molar-refractivity contribution in [1.82, 2.24) is 40.0 Å². The molecule has 0 radical (unpaired) electrons. The van der Waals surface area contributed by atoms with E-state index in [1.54, 1.807) is 16.0 Å². The summed E-state index contributed by atoms with van der Waals surface area (Å²) in [5.41, 5.74) is 4.98. The Morgan fingerprint density at radius 3 is 2.21 bits per heavy atom. The van der Waals surface area contributed by atoms with E-state index in [9.17, 15) is 19.2 Å². The van der Waals surface area contributed by atoms with Crippen molar-refractivity contribution < 1.29 is 38.1 Å². The Labute approximate surface area is 362 Å². The molecule has 6 heterocycles. The van der Waals surface area contributed by atoms with Crippen LogP contribution in [-0.2, 0) is 23.8 Å². The highest BCUT2D eigenvalue weighted by molar-refractivity contribution is 5.86. The van der Waals surface area contributed by atoms with Crippen LogP contribution in [0.15, 0.2) is 54.9 Å². The van der Waals surface area contributed by atoms with E-state index in [0.717, 1.165) is 77.3 Å². The number of amides is 4. The summed E-state index contributed by atoms with van der Waals surface area (Å²) in [6.45, 7) is 8.74. The molecule has 2 bridgehead atoms. The maximum atomic E-state index is 13.8. The molecule has 0 spiro atoms. The first-order valence-electron chi connectivity index (χ1n) is 21.9. The highest BCUT2D eigenvalue weighted by Gasteiger charge is 2.39. The molecule has 4 aliphatic rings. The Hall–Kier alpha value is -5.90. The lowest BCUT2D eigenvalue weighted by Crippen LogP contribution is -2.50. The molecule has 330 valence electrons. The maximum Gasteiger partial charge on any atom is 0.410 e. The topological polar surface area (TPSA) is 184 Å². The highest BCUT2D eigenvalue weighted by atomic mass is 16.6.